The normalized spacial score (nSPS) is 20.1. The maximum Gasteiger partial charge on any atom is 0.582 e. The molecule has 0 radical (unpaired) electrons. The largest absolute Gasteiger partial charge is 0.582 e. The van der Waals surface area contributed by atoms with Crippen molar-refractivity contribution >= 4 is 82.0 Å². The number of hydrogen-bond donors (Lipinski definition) is 0. The van der Waals surface area contributed by atoms with E-state index in [-0.39, 0.29) is 0 Å². The Morgan fingerprint density at radius 1 is 0.451 bits per heavy atom. The summed E-state index contributed by atoms with van der Waals surface area (Å²) in [6.07, 6.45) is 14.2. The Balaban J connectivity index is 1.56. The van der Waals surface area contributed by atoms with Gasteiger partial charge in [0.15, 0.2) is 40.0 Å². The Labute approximate surface area is 294 Å². The topological polar surface area (TPSA) is 154 Å². The molecule has 4 aliphatic rings. The zero-order chi connectivity index (χ0) is 34.9. The lowest BCUT2D eigenvalue weighted by atomic mass is 10.1. The van der Waals surface area contributed by atoms with Crippen molar-refractivity contribution in [1.82, 2.24) is 28.4 Å². The molecule has 51 heavy (non-hydrogen) atoms. The van der Waals surface area contributed by atoms with E-state index in [2.05, 4.69) is 67.7 Å². The molecule has 6 aromatic heterocycles. The maximum atomic E-state index is 7.69. The molecular weight excluding hydrogens is 693 g/mol. The monoisotopic (exact) mass is 722 g/mol. The van der Waals surface area contributed by atoms with Crippen LogP contribution in [0.25, 0.3) is 21.5 Å². The van der Waals surface area contributed by atoms with Crippen LogP contribution in [0.1, 0.15) is 22.3 Å². The van der Waals surface area contributed by atoms with Gasteiger partial charge in [0.2, 0.25) is 0 Å². The first kappa shape index (κ1) is 30.4. The Morgan fingerprint density at radius 2 is 0.902 bits per heavy atom. The summed E-state index contributed by atoms with van der Waals surface area (Å²) in [7, 11) is -9.17. The molecule has 0 aromatic carbocycles. The van der Waals surface area contributed by atoms with E-state index < -0.39 is 25.5 Å². The average molecular weight is 723 g/mol. The van der Waals surface area contributed by atoms with Crippen molar-refractivity contribution in [3.05, 3.63) is 107 Å². The molecular formula is C34H30N12O2Si3. The summed E-state index contributed by atoms with van der Waals surface area (Å²) in [6, 6.07) is 7.76. The summed E-state index contributed by atoms with van der Waals surface area (Å²) in [5.74, 6) is 3.10. The van der Waals surface area contributed by atoms with Crippen molar-refractivity contribution in [3.63, 3.8) is 0 Å². The third-order valence-electron chi connectivity index (χ3n) is 8.77. The number of pyridine rings is 4. The molecule has 0 atom stereocenters. The fourth-order valence-corrected chi connectivity index (χ4v) is 17.4. The highest BCUT2D eigenvalue weighted by Gasteiger charge is 2.56. The van der Waals surface area contributed by atoms with E-state index in [1.807, 2.05) is 36.7 Å². The maximum absolute atomic E-state index is 7.69. The van der Waals surface area contributed by atoms with Gasteiger partial charge >= 0.3 is 8.88 Å². The molecule has 250 valence electrons. The predicted octanol–water partition coefficient (Wildman–Crippen LogP) is 4.65. The lowest BCUT2D eigenvalue weighted by Crippen LogP contribution is -2.69. The van der Waals surface area contributed by atoms with E-state index in [1.165, 1.54) is 0 Å². The van der Waals surface area contributed by atoms with Crippen molar-refractivity contribution in [2.75, 3.05) is 0 Å². The van der Waals surface area contributed by atoms with E-state index in [1.54, 1.807) is 37.2 Å². The van der Waals surface area contributed by atoms with Gasteiger partial charge in [0, 0.05) is 93.4 Å². The van der Waals surface area contributed by atoms with Crippen LogP contribution in [0.3, 0.4) is 0 Å². The minimum absolute atomic E-state index is 0.481. The minimum Gasteiger partial charge on any atom is -0.404 e. The molecule has 0 unspecified atom stereocenters. The standard InChI is InChI=1S/C34H30N12O2Si3/c1-49(2,3)47-51(48-50(4,5)6)45-32-21-9-13-37-17-25(21)33(45)41-27-19-7-11-35-15-23(19)29(39-27)43-31-22-10-14-38-18-26(22)34(46(31)51)42-28-20-8-12-36-16-24(20)30(40-28)44-32/h7-18H,1-6H3/b41-27-,41-33?,42-28?,42-34-,43-29?,43-31-,44-30-,44-32?. The van der Waals surface area contributed by atoms with Gasteiger partial charge in [-0.15, -0.1) is 0 Å². The Kier molecular flexibility index (Phi) is 6.13. The molecule has 0 amide bonds. The molecule has 0 N–H and O–H groups in total. The molecule has 10 rings (SSSR count). The van der Waals surface area contributed by atoms with E-state index in [4.69, 9.17) is 38.2 Å². The highest BCUT2D eigenvalue weighted by molar-refractivity contribution is 6.87. The van der Waals surface area contributed by atoms with Crippen LogP contribution >= 0.6 is 0 Å². The molecule has 0 fully saturated rings. The number of fused-ring (bicyclic) bond motifs is 14. The third-order valence-corrected chi connectivity index (χ3v) is 17.8. The molecule has 6 bridgehead atoms. The second-order valence-corrected chi connectivity index (χ2v) is 26.7. The summed E-state index contributed by atoms with van der Waals surface area (Å²) < 4.78 is 19.6. The summed E-state index contributed by atoms with van der Waals surface area (Å²) in [5, 5.41) is 3.16. The van der Waals surface area contributed by atoms with Crippen molar-refractivity contribution in [2.45, 2.75) is 39.3 Å². The first-order valence-corrected chi connectivity index (χ1v) is 25.1. The smallest absolute Gasteiger partial charge is 0.404 e. The first-order valence-electron chi connectivity index (χ1n) is 16.5. The van der Waals surface area contributed by atoms with Crippen molar-refractivity contribution in [3.8, 4) is 0 Å². The molecule has 17 heteroatoms. The van der Waals surface area contributed by atoms with E-state index in [0.717, 1.165) is 43.8 Å². The fourth-order valence-electron chi connectivity index (χ4n) is 7.01. The van der Waals surface area contributed by atoms with Crippen LogP contribution in [-0.4, -0.2) is 77.3 Å². The summed E-state index contributed by atoms with van der Waals surface area (Å²) in [6.45, 7) is 13.0. The Bertz CT molecular complexity index is 2620. The zero-order valence-electron chi connectivity index (χ0n) is 28.6. The van der Waals surface area contributed by atoms with E-state index in [0.29, 0.717) is 46.0 Å². The molecule has 0 spiro atoms. The number of aromatic nitrogens is 6. The molecule has 0 saturated carbocycles. The number of aliphatic imine (C=N–C) groups is 4. The summed E-state index contributed by atoms with van der Waals surface area (Å²) in [4.78, 5) is 49.8. The molecule has 0 saturated heterocycles. The van der Waals surface area contributed by atoms with Crippen LogP contribution in [0, 0.1) is 0 Å². The van der Waals surface area contributed by atoms with Gasteiger partial charge in [-0.3, -0.25) is 28.4 Å². The molecule has 6 aromatic rings. The number of nitrogens with zero attached hydrogens (tertiary/aromatic N) is 12. The molecule has 0 aliphatic carbocycles. The van der Waals surface area contributed by atoms with E-state index >= 15 is 0 Å². The van der Waals surface area contributed by atoms with Gasteiger partial charge in [-0.1, -0.05) is 0 Å². The average Bonchev–Trinajstić information content (AvgIpc) is 3.80. The Morgan fingerprint density at radius 3 is 1.51 bits per heavy atom. The van der Waals surface area contributed by atoms with Crippen LogP contribution < -0.4 is 11.0 Å². The van der Waals surface area contributed by atoms with Gasteiger partial charge in [0.25, 0.3) is 0 Å². The van der Waals surface area contributed by atoms with Crippen molar-refractivity contribution in [2.24, 2.45) is 30.0 Å². The van der Waals surface area contributed by atoms with Gasteiger partial charge in [-0.05, 0) is 63.5 Å². The molecule has 14 nitrogen and oxygen atoms in total. The van der Waals surface area contributed by atoms with Crippen LogP contribution in [0.2, 0.25) is 39.3 Å². The summed E-state index contributed by atoms with van der Waals surface area (Å²) in [5.41, 5.74) is 4.31. The van der Waals surface area contributed by atoms with Gasteiger partial charge in [0.1, 0.15) is 22.6 Å². The van der Waals surface area contributed by atoms with Gasteiger partial charge < -0.3 is 8.23 Å². The lowest BCUT2D eigenvalue weighted by molar-refractivity contribution is 0.340. The second-order valence-electron chi connectivity index (χ2n) is 14.6. The second kappa shape index (κ2) is 10.3. The number of hydrogen-bond acceptors (Lipinski definition) is 12. The summed E-state index contributed by atoms with van der Waals surface area (Å²) >= 11 is 0. The van der Waals surface area contributed by atoms with Crippen molar-refractivity contribution < 1.29 is 8.23 Å². The fraction of sp³-hybridized carbons (Fsp3) is 0.176. The van der Waals surface area contributed by atoms with Gasteiger partial charge in [-0.25, -0.2) is 30.0 Å². The van der Waals surface area contributed by atoms with Gasteiger partial charge in [-0.2, -0.15) is 0 Å². The third kappa shape index (κ3) is 4.45. The minimum atomic E-state index is -4.12. The SMILES string of the molecule is C[Si](C)(C)O[Si]1(O[Si](C)(C)C)n2c3c4cnccc4c2/N=C2N=C(/N=c4/c5cnccc5/c(n41)=N/C1=NC(=N\3)/c3ccncc31)c1ccncc1\2. The van der Waals surface area contributed by atoms with E-state index in [9.17, 15) is 0 Å². The lowest BCUT2D eigenvalue weighted by Gasteiger charge is -2.41. The zero-order valence-corrected chi connectivity index (χ0v) is 31.6. The van der Waals surface area contributed by atoms with Crippen molar-refractivity contribution in [1.29, 1.82) is 0 Å². The highest BCUT2D eigenvalue weighted by Crippen LogP contribution is 2.44. The highest BCUT2D eigenvalue weighted by atomic mass is 28.5. The number of amidine groups is 4. The van der Waals surface area contributed by atoms with Gasteiger partial charge in [0.05, 0.1) is 0 Å². The van der Waals surface area contributed by atoms with Crippen LogP contribution in [-0.2, 0) is 8.23 Å². The van der Waals surface area contributed by atoms with Crippen LogP contribution in [0.15, 0.2) is 104 Å². The first-order chi connectivity index (χ1) is 24.5. The van der Waals surface area contributed by atoms with Crippen LogP contribution in [0.5, 0.6) is 0 Å². The molecule has 10 heterocycles. The Hall–Kier alpha value is -5.47. The quantitative estimate of drug-likeness (QED) is 0.242. The number of rotatable bonds is 4. The predicted molar refractivity (Wildman–Crippen MR) is 201 cm³/mol. The molecule has 4 aliphatic heterocycles. The van der Waals surface area contributed by atoms with Crippen LogP contribution in [0.4, 0.5) is 11.6 Å².